The van der Waals surface area contributed by atoms with Crippen LogP contribution in [0.1, 0.15) is 34.8 Å². The van der Waals surface area contributed by atoms with Crippen molar-refractivity contribution >= 4 is 21.8 Å². The first-order valence-corrected chi connectivity index (χ1v) is 7.68. The van der Waals surface area contributed by atoms with Crippen LogP contribution in [0.15, 0.2) is 34.9 Å². The van der Waals surface area contributed by atoms with Crippen molar-refractivity contribution in [3.8, 4) is 0 Å². The van der Waals surface area contributed by atoms with Gasteiger partial charge in [-0.1, -0.05) is 6.07 Å². The summed E-state index contributed by atoms with van der Waals surface area (Å²) in [5.41, 5.74) is 1.42. The van der Waals surface area contributed by atoms with Crippen LogP contribution in [0.2, 0.25) is 0 Å². The first-order valence-electron chi connectivity index (χ1n) is 6.89. The average Bonchev–Trinajstić information content (AvgIpc) is 3.04. The quantitative estimate of drug-likeness (QED) is 0.901. The summed E-state index contributed by atoms with van der Waals surface area (Å²) in [6.45, 7) is 1.33. The highest BCUT2D eigenvalue weighted by Gasteiger charge is 2.27. The van der Waals surface area contributed by atoms with E-state index in [1.54, 1.807) is 23.2 Å². The number of piperidine rings is 1. The third kappa shape index (κ3) is 2.85. The van der Waals surface area contributed by atoms with Crippen LogP contribution in [0.5, 0.6) is 0 Å². The minimum absolute atomic E-state index is 0.134. The van der Waals surface area contributed by atoms with Gasteiger partial charge in [0.15, 0.2) is 0 Å². The molecule has 4 nitrogen and oxygen atoms in total. The van der Waals surface area contributed by atoms with Crippen LogP contribution in [0, 0.1) is 5.82 Å². The summed E-state index contributed by atoms with van der Waals surface area (Å²) < 4.78 is 13.8. The van der Waals surface area contributed by atoms with Crippen LogP contribution >= 0.6 is 15.9 Å². The van der Waals surface area contributed by atoms with Crippen molar-refractivity contribution in [2.24, 2.45) is 0 Å². The summed E-state index contributed by atoms with van der Waals surface area (Å²) in [6, 6.07) is 6.49. The number of likely N-dealkylation sites (tertiary alicyclic amines) is 1. The predicted octanol–water partition coefficient (Wildman–Crippen LogP) is 3.33. The first-order chi connectivity index (χ1) is 10.2. The second-order valence-corrected chi connectivity index (χ2v) is 6.00. The molecule has 1 aromatic carbocycles. The van der Waals surface area contributed by atoms with Crippen molar-refractivity contribution in [2.75, 3.05) is 13.1 Å². The number of H-pyrrole nitrogens is 1. The van der Waals surface area contributed by atoms with E-state index < -0.39 is 5.82 Å². The molecular formula is C15H15BrFN3O. The van der Waals surface area contributed by atoms with Crippen LogP contribution < -0.4 is 0 Å². The second kappa shape index (κ2) is 5.97. The molecule has 0 aliphatic carbocycles. The Bertz CT molecular complexity index is 644. The highest BCUT2D eigenvalue weighted by molar-refractivity contribution is 9.10. The molecule has 1 atom stereocenters. The number of aromatic nitrogens is 2. The van der Waals surface area contributed by atoms with Crippen molar-refractivity contribution < 1.29 is 9.18 Å². The molecule has 21 heavy (non-hydrogen) atoms. The number of hydrogen-bond acceptors (Lipinski definition) is 2. The Balaban J connectivity index is 1.80. The maximum Gasteiger partial charge on any atom is 0.255 e. The fourth-order valence-electron chi connectivity index (χ4n) is 2.75. The number of benzene rings is 1. The van der Waals surface area contributed by atoms with Gasteiger partial charge in [-0.05, 0) is 47.0 Å². The fourth-order valence-corrected chi connectivity index (χ4v) is 3.18. The van der Waals surface area contributed by atoms with Gasteiger partial charge in [-0.2, -0.15) is 5.10 Å². The Morgan fingerprint density at radius 3 is 3.05 bits per heavy atom. The van der Waals surface area contributed by atoms with E-state index in [1.165, 1.54) is 6.07 Å². The zero-order valence-corrected chi connectivity index (χ0v) is 12.9. The predicted molar refractivity (Wildman–Crippen MR) is 80.6 cm³/mol. The molecule has 1 N–H and O–H groups in total. The Hall–Kier alpha value is -1.69. The van der Waals surface area contributed by atoms with Crippen LogP contribution in [0.3, 0.4) is 0 Å². The third-order valence-corrected chi connectivity index (χ3v) is 4.66. The molecule has 1 aromatic heterocycles. The van der Waals surface area contributed by atoms with E-state index in [0.29, 0.717) is 18.7 Å². The molecule has 1 aliphatic heterocycles. The fraction of sp³-hybridized carbons (Fsp3) is 0.333. The van der Waals surface area contributed by atoms with Gasteiger partial charge in [0.1, 0.15) is 5.82 Å². The Kier molecular flexibility index (Phi) is 4.05. The number of amides is 1. The Labute approximate surface area is 130 Å². The maximum absolute atomic E-state index is 13.6. The molecule has 1 saturated heterocycles. The zero-order chi connectivity index (χ0) is 14.8. The van der Waals surface area contributed by atoms with E-state index in [2.05, 4.69) is 26.1 Å². The monoisotopic (exact) mass is 351 g/mol. The van der Waals surface area contributed by atoms with Crippen LogP contribution in [-0.4, -0.2) is 34.1 Å². The maximum atomic E-state index is 13.6. The van der Waals surface area contributed by atoms with Gasteiger partial charge in [-0.3, -0.25) is 9.89 Å². The standard InChI is InChI=1S/C15H15BrFN3O/c16-14-11(4-1-5-12(14)17)15(21)20-8-2-3-10(9-20)13-6-7-18-19-13/h1,4-7,10H,2-3,8-9H2,(H,18,19). The van der Waals surface area contributed by atoms with Crippen LogP contribution in [0.4, 0.5) is 4.39 Å². The molecule has 0 bridgehead atoms. The molecule has 2 heterocycles. The molecule has 2 aromatic rings. The SMILES string of the molecule is O=C(c1cccc(F)c1Br)N1CCCC(c2ccn[nH]2)C1. The van der Waals surface area contributed by atoms with E-state index >= 15 is 0 Å². The first kappa shape index (κ1) is 14.3. The lowest BCUT2D eigenvalue weighted by Gasteiger charge is -2.32. The lowest BCUT2D eigenvalue weighted by atomic mass is 9.94. The molecule has 1 fully saturated rings. The number of nitrogens with zero attached hydrogens (tertiary/aromatic N) is 2. The number of carbonyl (C=O) groups is 1. The summed E-state index contributed by atoms with van der Waals surface area (Å²) in [7, 11) is 0. The molecule has 110 valence electrons. The molecule has 1 amide bonds. The second-order valence-electron chi connectivity index (χ2n) is 5.20. The lowest BCUT2D eigenvalue weighted by Crippen LogP contribution is -2.39. The Morgan fingerprint density at radius 2 is 2.29 bits per heavy atom. The highest BCUT2D eigenvalue weighted by atomic mass is 79.9. The van der Waals surface area contributed by atoms with Gasteiger partial charge in [-0.15, -0.1) is 0 Å². The van der Waals surface area contributed by atoms with Gasteiger partial charge >= 0.3 is 0 Å². The van der Waals surface area contributed by atoms with Crippen molar-refractivity contribution in [2.45, 2.75) is 18.8 Å². The van der Waals surface area contributed by atoms with E-state index in [9.17, 15) is 9.18 Å². The molecule has 0 saturated carbocycles. The zero-order valence-electron chi connectivity index (χ0n) is 11.4. The highest BCUT2D eigenvalue weighted by Crippen LogP contribution is 2.28. The van der Waals surface area contributed by atoms with E-state index in [4.69, 9.17) is 0 Å². The topological polar surface area (TPSA) is 49.0 Å². The normalized spacial score (nSPS) is 18.8. The van der Waals surface area contributed by atoms with Gasteiger partial charge < -0.3 is 4.90 Å². The van der Waals surface area contributed by atoms with Crippen molar-refractivity contribution in [1.82, 2.24) is 15.1 Å². The number of aromatic amines is 1. The molecule has 1 aliphatic rings. The van der Waals surface area contributed by atoms with Crippen LogP contribution in [0.25, 0.3) is 0 Å². The number of nitrogens with one attached hydrogen (secondary N) is 1. The summed E-state index contributed by atoms with van der Waals surface area (Å²) in [5, 5.41) is 6.93. The lowest BCUT2D eigenvalue weighted by molar-refractivity contribution is 0.0704. The van der Waals surface area contributed by atoms with E-state index in [0.717, 1.165) is 18.5 Å². The van der Waals surface area contributed by atoms with Gasteiger partial charge in [0.2, 0.25) is 0 Å². The average molecular weight is 352 g/mol. The van der Waals surface area contributed by atoms with Crippen molar-refractivity contribution in [3.63, 3.8) is 0 Å². The minimum atomic E-state index is -0.414. The molecule has 0 spiro atoms. The molecule has 3 rings (SSSR count). The number of hydrogen-bond donors (Lipinski definition) is 1. The molecule has 1 unspecified atom stereocenters. The van der Waals surface area contributed by atoms with Crippen molar-refractivity contribution in [1.29, 1.82) is 0 Å². The smallest absolute Gasteiger partial charge is 0.255 e. The molecule has 0 radical (unpaired) electrons. The van der Waals surface area contributed by atoms with E-state index in [1.807, 2.05) is 6.07 Å². The molecular weight excluding hydrogens is 337 g/mol. The van der Waals surface area contributed by atoms with Crippen molar-refractivity contribution in [3.05, 3.63) is 52.0 Å². The van der Waals surface area contributed by atoms with E-state index in [-0.39, 0.29) is 16.3 Å². The minimum Gasteiger partial charge on any atom is -0.338 e. The summed E-state index contributed by atoms with van der Waals surface area (Å²) in [4.78, 5) is 14.4. The number of halogens is 2. The molecule has 6 heteroatoms. The summed E-state index contributed by atoms with van der Waals surface area (Å²) in [6.07, 6.45) is 3.68. The summed E-state index contributed by atoms with van der Waals surface area (Å²) in [5.74, 6) is -0.286. The number of rotatable bonds is 2. The largest absolute Gasteiger partial charge is 0.338 e. The van der Waals surface area contributed by atoms with Gasteiger partial charge in [0.05, 0.1) is 10.0 Å². The Morgan fingerprint density at radius 1 is 1.43 bits per heavy atom. The van der Waals surface area contributed by atoms with Gasteiger partial charge in [-0.25, -0.2) is 4.39 Å². The van der Waals surface area contributed by atoms with Crippen LogP contribution in [-0.2, 0) is 0 Å². The summed E-state index contributed by atoms with van der Waals surface area (Å²) >= 11 is 3.16. The third-order valence-electron chi connectivity index (χ3n) is 3.85. The van der Waals surface area contributed by atoms with Gasteiger partial charge in [0.25, 0.3) is 5.91 Å². The number of carbonyl (C=O) groups excluding carboxylic acids is 1. The van der Waals surface area contributed by atoms with Gasteiger partial charge in [0, 0.05) is 30.9 Å².